The van der Waals surface area contributed by atoms with Gasteiger partial charge in [-0.3, -0.25) is 0 Å². The molecule has 3 nitrogen and oxygen atoms in total. The molecule has 1 aliphatic carbocycles. The van der Waals surface area contributed by atoms with Gasteiger partial charge >= 0.3 is 5.97 Å². The Hall–Kier alpha value is -0.900. The van der Waals surface area contributed by atoms with Crippen molar-refractivity contribution in [2.24, 2.45) is 0 Å². The lowest BCUT2D eigenvalue weighted by atomic mass is 9.86. The molecule has 1 aliphatic rings. The SMILES string of the molecule is CCOC(=O)c1cnc(C2CCC2)s1. The zero-order valence-corrected chi connectivity index (χ0v) is 8.97. The Morgan fingerprint density at radius 1 is 1.71 bits per heavy atom. The van der Waals surface area contributed by atoms with Crippen molar-refractivity contribution in [2.45, 2.75) is 32.1 Å². The molecular formula is C10H13NO2S. The van der Waals surface area contributed by atoms with E-state index in [0.717, 1.165) is 5.01 Å². The summed E-state index contributed by atoms with van der Waals surface area (Å²) < 4.78 is 4.90. The van der Waals surface area contributed by atoms with Crippen molar-refractivity contribution in [1.82, 2.24) is 4.98 Å². The van der Waals surface area contributed by atoms with Crippen molar-refractivity contribution in [1.29, 1.82) is 0 Å². The van der Waals surface area contributed by atoms with Crippen LogP contribution in [0.4, 0.5) is 0 Å². The number of rotatable bonds is 3. The highest BCUT2D eigenvalue weighted by molar-refractivity contribution is 7.13. The highest BCUT2D eigenvalue weighted by atomic mass is 32.1. The maximum absolute atomic E-state index is 11.3. The van der Waals surface area contributed by atoms with E-state index in [4.69, 9.17) is 4.74 Å². The molecule has 2 rings (SSSR count). The Bertz CT molecular complexity index is 331. The number of hydrogen-bond acceptors (Lipinski definition) is 4. The van der Waals surface area contributed by atoms with Gasteiger partial charge in [-0.15, -0.1) is 11.3 Å². The lowest BCUT2D eigenvalue weighted by molar-refractivity contribution is 0.0532. The van der Waals surface area contributed by atoms with E-state index in [9.17, 15) is 4.79 Å². The molecule has 0 unspecified atom stereocenters. The van der Waals surface area contributed by atoms with Crippen LogP contribution in [0.1, 0.15) is 46.8 Å². The summed E-state index contributed by atoms with van der Waals surface area (Å²) >= 11 is 1.48. The second-order valence-electron chi connectivity index (χ2n) is 3.41. The molecule has 1 aromatic heterocycles. The number of nitrogens with zero attached hydrogens (tertiary/aromatic N) is 1. The molecule has 0 spiro atoms. The van der Waals surface area contributed by atoms with E-state index in [0.29, 0.717) is 17.4 Å². The third-order valence-corrected chi connectivity index (χ3v) is 3.59. The molecule has 0 aliphatic heterocycles. The standard InChI is InChI=1S/C10H13NO2S/c1-2-13-10(12)8-6-11-9(14-8)7-4-3-5-7/h6-7H,2-5H2,1H3. The molecular weight excluding hydrogens is 198 g/mol. The maximum atomic E-state index is 11.3. The van der Waals surface area contributed by atoms with Crippen molar-refractivity contribution >= 4 is 17.3 Å². The largest absolute Gasteiger partial charge is 0.462 e. The molecule has 0 radical (unpaired) electrons. The molecule has 4 heteroatoms. The topological polar surface area (TPSA) is 39.2 Å². The molecule has 1 aromatic rings. The summed E-state index contributed by atoms with van der Waals surface area (Å²) in [6.07, 6.45) is 5.36. The fraction of sp³-hybridized carbons (Fsp3) is 0.600. The second kappa shape index (κ2) is 4.09. The number of carbonyl (C=O) groups excluding carboxylic acids is 1. The number of esters is 1. The van der Waals surface area contributed by atoms with Crippen LogP contribution in [-0.4, -0.2) is 17.6 Å². The minimum Gasteiger partial charge on any atom is -0.462 e. The third kappa shape index (κ3) is 1.80. The first-order valence-corrected chi connectivity index (χ1v) is 5.75. The van der Waals surface area contributed by atoms with Crippen LogP contribution in [0.3, 0.4) is 0 Å². The highest BCUT2D eigenvalue weighted by Crippen LogP contribution is 2.38. The van der Waals surface area contributed by atoms with Crippen molar-refractivity contribution in [3.8, 4) is 0 Å². The van der Waals surface area contributed by atoms with E-state index >= 15 is 0 Å². The molecule has 76 valence electrons. The molecule has 0 atom stereocenters. The Morgan fingerprint density at radius 2 is 2.50 bits per heavy atom. The van der Waals surface area contributed by atoms with Crippen LogP contribution in [-0.2, 0) is 4.74 Å². The zero-order chi connectivity index (χ0) is 9.97. The molecule has 0 aromatic carbocycles. The Balaban J connectivity index is 2.05. The third-order valence-electron chi connectivity index (χ3n) is 2.45. The Kier molecular flexibility index (Phi) is 2.82. The number of carbonyl (C=O) groups is 1. The van der Waals surface area contributed by atoms with E-state index in [1.54, 1.807) is 6.20 Å². The highest BCUT2D eigenvalue weighted by Gasteiger charge is 2.23. The van der Waals surface area contributed by atoms with Crippen LogP contribution in [0.15, 0.2) is 6.20 Å². The van der Waals surface area contributed by atoms with Crippen LogP contribution in [0.25, 0.3) is 0 Å². The quantitative estimate of drug-likeness (QED) is 0.721. The summed E-state index contributed by atoms with van der Waals surface area (Å²) in [7, 11) is 0. The number of hydrogen-bond donors (Lipinski definition) is 0. The second-order valence-corrected chi connectivity index (χ2v) is 4.47. The molecule has 0 amide bonds. The zero-order valence-electron chi connectivity index (χ0n) is 8.16. The summed E-state index contributed by atoms with van der Waals surface area (Å²) in [5, 5.41) is 1.10. The molecule has 0 saturated heterocycles. The summed E-state index contributed by atoms with van der Waals surface area (Å²) in [5.41, 5.74) is 0. The monoisotopic (exact) mass is 211 g/mol. The first-order valence-electron chi connectivity index (χ1n) is 4.94. The van der Waals surface area contributed by atoms with Gasteiger partial charge in [-0.05, 0) is 19.8 Å². The van der Waals surface area contributed by atoms with Crippen LogP contribution in [0, 0.1) is 0 Å². The van der Waals surface area contributed by atoms with Gasteiger partial charge < -0.3 is 4.74 Å². The van der Waals surface area contributed by atoms with Gasteiger partial charge in [-0.25, -0.2) is 9.78 Å². The van der Waals surface area contributed by atoms with Crippen LogP contribution >= 0.6 is 11.3 Å². The summed E-state index contributed by atoms with van der Waals surface area (Å²) in [4.78, 5) is 16.2. The van der Waals surface area contributed by atoms with Crippen LogP contribution < -0.4 is 0 Å². The molecule has 0 N–H and O–H groups in total. The summed E-state index contributed by atoms with van der Waals surface area (Å²) in [6.45, 7) is 2.24. The fourth-order valence-corrected chi connectivity index (χ4v) is 2.41. The average Bonchev–Trinajstić information content (AvgIpc) is 2.50. The van der Waals surface area contributed by atoms with Gasteiger partial charge in [0.05, 0.1) is 17.8 Å². The Morgan fingerprint density at radius 3 is 3.07 bits per heavy atom. The van der Waals surface area contributed by atoms with Gasteiger partial charge in [-0.1, -0.05) is 6.42 Å². The van der Waals surface area contributed by atoms with Gasteiger partial charge in [0, 0.05) is 5.92 Å². The molecule has 1 saturated carbocycles. The minimum absolute atomic E-state index is 0.240. The van der Waals surface area contributed by atoms with Crippen molar-refractivity contribution in [2.75, 3.05) is 6.61 Å². The summed E-state index contributed by atoms with van der Waals surface area (Å²) in [6, 6.07) is 0. The van der Waals surface area contributed by atoms with Crippen molar-refractivity contribution < 1.29 is 9.53 Å². The van der Waals surface area contributed by atoms with E-state index in [2.05, 4.69) is 4.98 Å². The van der Waals surface area contributed by atoms with Gasteiger partial charge in [0.2, 0.25) is 0 Å². The van der Waals surface area contributed by atoms with Gasteiger partial charge in [-0.2, -0.15) is 0 Å². The predicted molar refractivity (Wildman–Crippen MR) is 54.7 cm³/mol. The first kappa shape index (κ1) is 9.65. The molecule has 14 heavy (non-hydrogen) atoms. The number of thiazole rings is 1. The maximum Gasteiger partial charge on any atom is 0.349 e. The normalized spacial score (nSPS) is 16.4. The smallest absolute Gasteiger partial charge is 0.349 e. The van der Waals surface area contributed by atoms with Gasteiger partial charge in [0.15, 0.2) is 0 Å². The minimum atomic E-state index is -0.240. The number of ether oxygens (including phenoxy) is 1. The number of aromatic nitrogens is 1. The van der Waals surface area contributed by atoms with Crippen molar-refractivity contribution in [3.05, 3.63) is 16.1 Å². The molecule has 0 bridgehead atoms. The average molecular weight is 211 g/mol. The lowest BCUT2D eigenvalue weighted by Gasteiger charge is -2.22. The van der Waals surface area contributed by atoms with E-state index < -0.39 is 0 Å². The Labute approximate surface area is 87.1 Å². The lowest BCUT2D eigenvalue weighted by Crippen LogP contribution is -2.07. The van der Waals surface area contributed by atoms with Crippen LogP contribution in [0.5, 0.6) is 0 Å². The van der Waals surface area contributed by atoms with E-state index in [-0.39, 0.29) is 5.97 Å². The van der Waals surface area contributed by atoms with Gasteiger partial charge in [0.25, 0.3) is 0 Å². The fourth-order valence-electron chi connectivity index (χ4n) is 1.43. The summed E-state index contributed by atoms with van der Waals surface area (Å²) in [5.74, 6) is 0.360. The molecule has 1 heterocycles. The van der Waals surface area contributed by atoms with E-state index in [1.165, 1.54) is 30.6 Å². The van der Waals surface area contributed by atoms with Crippen LogP contribution in [0.2, 0.25) is 0 Å². The predicted octanol–water partition coefficient (Wildman–Crippen LogP) is 2.59. The van der Waals surface area contributed by atoms with Gasteiger partial charge in [0.1, 0.15) is 4.88 Å². The van der Waals surface area contributed by atoms with E-state index in [1.807, 2.05) is 6.92 Å². The molecule has 1 fully saturated rings. The first-order chi connectivity index (χ1) is 6.81. The van der Waals surface area contributed by atoms with Crippen molar-refractivity contribution in [3.63, 3.8) is 0 Å².